The molecule has 0 heterocycles. The first-order valence-corrected chi connectivity index (χ1v) is 3.55. The Balaban J connectivity index is 3.60. The number of phenolic OH excluding ortho intramolecular Hbond substituents is 1. The van der Waals surface area contributed by atoms with Crippen LogP contribution >= 0.6 is 0 Å². The minimum Gasteiger partial charge on any atom is -0.503 e. The molecule has 1 rings (SSSR count). The van der Waals surface area contributed by atoms with Crippen molar-refractivity contribution in [3.8, 4) is 5.75 Å². The van der Waals surface area contributed by atoms with E-state index in [9.17, 15) is 22.4 Å². The highest BCUT2D eigenvalue weighted by Crippen LogP contribution is 2.29. The molecule has 15 heavy (non-hydrogen) atoms. The molecular formula is C8H4F4O3. The summed E-state index contributed by atoms with van der Waals surface area (Å²) in [7, 11) is 0.791. The van der Waals surface area contributed by atoms with E-state index in [0.29, 0.717) is 0 Å². The standard InChI is InChI=1S/C8H4F4O3/c1-15-8(14)2-3(9)5(11)6(12)7(13)4(2)10/h13H,1H3. The van der Waals surface area contributed by atoms with E-state index < -0.39 is 40.6 Å². The van der Waals surface area contributed by atoms with Gasteiger partial charge in [-0.1, -0.05) is 0 Å². The van der Waals surface area contributed by atoms with Gasteiger partial charge in [-0.05, 0) is 0 Å². The fourth-order valence-corrected chi connectivity index (χ4v) is 0.902. The van der Waals surface area contributed by atoms with E-state index in [2.05, 4.69) is 4.74 Å². The van der Waals surface area contributed by atoms with Crippen molar-refractivity contribution in [3.63, 3.8) is 0 Å². The Morgan fingerprint density at radius 3 is 2.07 bits per heavy atom. The van der Waals surface area contributed by atoms with Crippen LogP contribution in [0, 0.1) is 23.3 Å². The van der Waals surface area contributed by atoms with Crippen LogP contribution in [0.15, 0.2) is 0 Å². The van der Waals surface area contributed by atoms with Crippen molar-refractivity contribution in [2.24, 2.45) is 0 Å². The lowest BCUT2D eigenvalue weighted by atomic mass is 10.1. The number of rotatable bonds is 1. The highest BCUT2D eigenvalue weighted by atomic mass is 19.2. The maximum absolute atomic E-state index is 12.9. The van der Waals surface area contributed by atoms with Crippen LogP contribution in [0.1, 0.15) is 10.4 Å². The molecule has 0 aliphatic heterocycles. The molecule has 0 spiro atoms. The average molecular weight is 224 g/mol. The van der Waals surface area contributed by atoms with Gasteiger partial charge in [0.2, 0.25) is 5.82 Å². The summed E-state index contributed by atoms with van der Waals surface area (Å²) < 4.78 is 54.9. The monoisotopic (exact) mass is 224 g/mol. The molecule has 7 heteroatoms. The summed E-state index contributed by atoms with van der Waals surface area (Å²) in [5.41, 5.74) is -1.48. The second kappa shape index (κ2) is 3.76. The lowest BCUT2D eigenvalue weighted by molar-refractivity contribution is 0.0586. The molecule has 0 aliphatic rings. The minimum absolute atomic E-state index is 0.791. The fraction of sp³-hybridized carbons (Fsp3) is 0.125. The molecule has 0 aromatic heterocycles. The van der Waals surface area contributed by atoms with Gasteiger partial charge in [-0.2, -0.15) is 4.39 Å². The van der Waals surface area contributed by atoms with Gasteiger partial charge in [0.05, 0.1) is 7.11 Å². The second-order valence-electron chi connectivity index (χ2n) is 2.47. The quantitative estimate of drug-likeness (QED) is 0.342. The number of hydrogen-bond acceptors (Lipinski definition) is 3. The molecule has 0 amide bonds. The summed E-state index contributed by atoms with van der Waals surface area (Å²) in [5.74, 6) is -11.5. The molecule has 3 nitrogen and oxygen atoms in total. The predicted octanol–water partition coefficient (Wildman–Crippen LogP) is 1.74. The first-order chi connectivity index (χ1) is 6.91. The van der Waals surface area contributed by atoms with Gasteiger partial charge in [0.25, 0.3) is 0 Å². The van der Waals surface area contributed by atoms with Crippen molar-refractivity contribution in [3.05, 3.63) is 28.8 Å². The molecule has 1 N–H and O–H groups in total. The smallest absolute Gasteiger partial charge is 0.344 e. The maximum atomic E-state index is 12.9. The molecule has 0 saturated carbocycles. The van der Waals surface area contributed by atoms with E-state index in [1.54, 1.807) is 0 Å². The number of hydrogen-bond donors (Lipinski definition) is 1. The number of aromatic hydroxyl groups is 1. The van der Waals surface area contributed by atoms with Crippen LogP contribution in [0.5, 0.6) is 5.75 Å². The number of benzene rings is 1. The third-order valence-corrected chi connectivity index (χ3v) is 1.63. The van der Waals surface area contributed by atoms with E-state index in [1.807, 2.05) is 0 Å². The van der Waals surface area contributed by atoms with Gasteiger partial charge in [-0.15, -0.1) is 0 Å². The fourth-order valence-electron chi connectivity index (χ4n) is 0.902. The Labute approximate surface area is 80.9 Å². The third kappa shape index (κ3) is 1.60. The minimum atomic E-state index is -2.14. The lowest BCUT2D eigenvalue weighted by Crippen LogP contribution is -2.11. The van der Waals surface area contributed by atoms with Crippen LogP contribution in [0.25, 0.3) is 0 Å². The largest absolute Gasteiger partial charge is 0.503 e. The van der Waals surface area contributed by atoms with Crippen molar-refractivity contribution < 1.29 is 32.2 Å². The van der Waals surface area contributed by atoms with E-state index in [0.717, 1.165) is 7.11 Å². The van der Waals surface area contributed by atoms with Crippen LogP contribution in [-0.2, 0) is 4.74 Å². The first-order valence-electron chi connectivity index (χ1n) is 3.55. The van der Waals surface area contributed by atoms with Crippen molar-refractivity contribution in [1.82, 2.24) is 0 Å². The summed E-state index contributed by atoms with van der Waals surface area (Å²) in [6, 6.07) is 0. The molecule has 1 aromatic carbocycles. The van der Waals surface area contributed by atoms with Crippen molar-refractivity contribution in [1.29, 1.82) is 0 Å². The Morgan fingerprint density at radius 2 is 1.60 bits per heavy atom. The van der Waals surface area contributed by atoms with Gasteiger partial charge < -0.3 is 9.84 Å². The Kier molecular flexibility index (Phi) is 2.83. The number of phenols is 1. The van der Waals surface area contributed by atoms with Gasteiger partial charge in [0.15, 0.2) is 23.2 Å². The molecule has 0 radical (unpaired) electrons. The lowest BCUT2D eigenvalue weighted by Gasteiger charge is -2.06. The van der Waals surface area contributed by atoms with Crippen molar-refractivity contribution >= 4 is 5.97 Å². The number of halogens is 4. The molecule has 0 bridgehead atoms. The molecule has 82 valence electrons. The van der Waals surface area contributed by atoms with E-state index in [-0.39, 0.29) is 0 Å². The normalized spacial score (nSPS) is 10.2. The van der Waals surface area contributed by atoms with Crippen LogP contribution < -0.4 is 0 Å². The Hall–Kier alpha value is -1.79. The van der Waals surface area contributed by atoms with Gasteiger partial charge in [0, 0.05) is 0 Å². The Bertz CT molecular complexity index is 401. The number of esters is 1. The molecule has 1 aromatic rings. The number of carbonyl (C=O) groups excluding carboxylic acids is 1. The molecule has 0 saturated heterocycles. The summed E-state index contributed by atoms with van der Waals surface area (Å²) in [6.45, 7) is 0. The van der Waals surface area contributed by atoms with Crippen molar-refractivity contribution in [2.45, 2.75) is 0 Å². The molecule has 0 fully saturated rings. The highest BCUT2D eigenvalue weighted by molar-refractivity contribution is 5.90. The summed E-state index contributed by atoms with van der Waals surface area (Å²) in [6.07, 6.45) is 0. The number of ether oxygens (including phenoxy) is 1. The zero-order valence-corrected chi connectivity index (χ0v) is 7.28. The zero-order valence-electron chi connectivity index (χ0n) is 7.28. The highest BCUT2D eigenvalue weighted by Gasteiger charge is 2.29. The molecule has 0 unspecified atom stereocenters. The maximum Gasteiger partial charge on any atom is 0.344 e. The molecular weight excluding hydrogens is 220 g/mol. The van der Waals surface area contributed by atoms with Gasteiger partial charge in [-0.25, -0.2) is 18.0 Å². The summed E-state index contributed by atoms with van der Waals surface area (Å²) >= 11 is 0. The average Bonchev–Trinajstić information content (AvgIpc) is 2.23. The van der Waals surface area contributed by atoms with Gasteiger partial charge in [0.1, 0.15) is 5.56 Å². The third-order valence-electron chi connectivity index (χ3n) is 1.63. The summed E-state index contributed by atoms with van der Waals surface area (Å²) in [5, 5.41) is 8.67. The molecule has 0 atom stereocenters. The zero-order chi connectivity index (χ0) is 11.7. The van der Waals surface area contributed by atoms with Crippen LogP contribution in [-0.4, -0.2) is 18.2 Å². The second-order valence-corrected chi connectivity index (χ2v) is 2.47. The van der Waals surface area contributed by atoms with Crippen molar-refractivity contribution in [2.75, 3.05) is 7.11 Å². The Morgan fingerprint density at radius 1 is 1.07 bits per heavy atom. The van der Waals surface area contributed by atoms with Crippen LogP contribution in [0.3, 0.4) is 0 Å². The van der Waals surface area contributed by atoms with E-state index in [1.165, 1.54) is 0 Å². The van der Waals surface area contributed by atoms with Gasteiger partial charge >= 0.3 is 5.97 Å². The molecule has 0 aliphatic carbocycles. The van der Waals surface area contributed by atoms with E-state index >= 15 is 0 Å². The van der Waals surface area contributed by atoms with Gasteiger partial charge in [-0.3, -0.25) is 0 Å². The first kappa shape index (κ1) is 11.3. The SMILES string of the molecule is COC(=O)c1c(F)c(O)c(F)c(F)c1F. The predicted molar refractivity (Wildman–Crippen MR) is 39.3 cm³/mol. The van der Waals surface area contributed by atoms with E-state index in [4.69, 9.17) is 5.11 Å². The summed E-state index contributed by atoms with van der Waals surface area (Å²) in [4.78, 5) is 10.8. The number of carbonyl (C=O) groups is 1. The van der Waals surface area contributed by atoms with Crippen LogP contribution in [0.2, 0.25) is 0 Å². The topological polar surface area (TPSA) is 46.5 Å². The van der Waals surface area contributed by atoms with Crippen LogP contribution in [0.4, 0.5) is 17.6 Å². The number of methoxy groups -OCH3 is 1.